The number of sulfone groups is 1. The highest BCUT2D eigenvalue weighted by Crippen LogP contribution is 2.36. The molecule has 1 atom stereocenters. The second-order valence-corrected chi connectivity index (χ2v) is 9.05. The third-order valence-electron chi connectivity index (χ3n) is 3.58. The lowest BCUT2D eigenvalue weighted by molar-refractivity contribution is 0.303. The molecular weight excluding hydrogens is 342 g/mol. The Labute approximate surface area is 134 Å². The van der Waals surface area contributed by atoms with E-state index in [2.05, 4.69) is 10.2 Å². The lowest BCUT2D eigenvalue weighted by Gasteiger charge is -2.21. The van der Waals surface area contributed by atoms with E-state index in [1.165, 1.54) is 16.4 Å². The van der Waals surface area contributed by atoms with Crippen molar-refractivity contribution < 1.29 is 21.3 Å². The standard InChI is InChI=1S/C13H15N3O5S2/c1-22(17,18)13-15-14-12(21-13)11-8-5-9-16(11)23(19,20)10-6-3-2-4-7-10/h2-4,6-7,11H,5,8-9H2,1H3/t11-/m0/s1. The third kappa shape index (κ3) is 3.01. The molecule has 10 heteroatoms. The first-order chi connectivity index (χ1) is 10.8. The Morgan fingerprint density at radius 1 is 1.13 bits per heavy atom. The maximum absolute atomic E-state index is 12.7. The van der Waals surface area contributed by atoms with Crippen LogP contribution in [0.2, 0.25) is 0 Å². The van der Waals surface area contributed by atoms with Gasteiger partial charge in [-0.2, -0.15) is 4.31 Å². The average molecular weight is 357 g/mol. The second kappa shape index (κ2) is 5.69. The van der Waals surface area contributed by atoms with E-state index in [1.807, 2.05) is 0 Å². The predicted molar refractivity (Wildman–Crippen MR) is 79.7 cm³/mol. The Bertz CT molecular complexity index is 906. The van der Waals surface area contributed by atoms with Gasteiger partial charge in [0.2, 0.25) is 25.8 Å². The zero-order valence-corrected chi connectivity index (χ0v) is 13.9. The minimum Gasteiger partial charge on any atom is -0.411 e. The molecule has 1 aliphatic heterocycles. The van der Waals surface area contributed by atoms with Crippen LogP contribution in [0.3, 0.4) is 0 Å². The minimum absolute atomic E-state index is 0.00225. The molecule has 0 aliphatic carbocycles. The fourth-order valence-corrected chi connectivity index (χ4v) is 4.61. The van der Waals surface area contributed by atoms with Gasteiger partial charge < -0.3 is 4.42 Å². The van der Waals surface area contributed by atoms with Gasteiger partial charge in [0.25, 0.3) is 0 Å². The van der Waals surface area contributed by atoms with Crippen LogP contribution in [-0.2, 0) is 19.9 Å². The first-order valence-electron chi connectivity index (χ1n) is 6.90. The van der Waals surface area contributed by atoms with Crippen molar-refractivity contribution >= 4 is 19.9 Å². The fourth-order valence-electron chi connectivity index (χ4n) is 2.51. The Hall–Kier alpha value is -1.78. The average Bonchev–Trinajstić information content (AvgIpc) is 3.16. The van der Waals surface area contributed by atoms with Crippen molar-refractivity contribution in [3.8, 4) is 0 Å². The highest BCUT2D eigenvalue weighted by Gasteiger charge is 2.39. The van der Waals surface area contributed by atoms with E-state index in [4.69, 9.17) is 4.42 Å². The Morgan fingerprint density at radius 2 is 1.83 bits per heavy atom. The monoisotopic (exact) mass is 357 g/mol. The van der Waals surface area contributed by atoms with Gasteiger partial charge in [-0.25, -0.2) is 16.8 Å². The van der Waals surface area contributed by atoms with Crippen LogP contribution in [0.5, 0.6) is 0 Å². The number of hydrogen-bond acceptors (Lipinski definition) is 7. The molecule has 0 spiro atoms. The highest BCUT2D eigenvalue weighted by atomic mass is 32.2. The van der Waals surface area contributed by atoms with Gasteiger partial charge >= 0.3 is 5.22 Å². The molecule has 3 rings (SSSR count). The first kappa shape index (κ1) is 16.1. The molecule has 1 aromatic carbocycles. The molecule has 0 unspecified atom stereocenters. The molecule has 0 amide bonds. The molecule has 0 radical (unpaired) electrons. The molecule has 0 bridgehead atoms. The smallest absolute Gasteiger partial charge is 0.335 e. The number of aromatic nitrogens is 2. The van der Waals surface area contributed by atoms with Crippen molar-refractivity contribution in [2.75, 3.05) is 12.8 Å². The molecule has 23 heavy (non-hydrogen) atoms. The summed E-state index contributed by atoms with van der Waals surface area (Å²) in [6, 6.07) is 7.40. The Morgan fingerprint density at radius 3 is 2.43 bits per heavy atom. The molecule has 2 aromatic rings. The highest BCUT2D eigenvalue weighted by molar-refractivity contribution is 7.90. The number of rotatable bonds is 4. The summed E-state index contributed by atoms with van der Waals surface area (Å²) in [5.41, 5.74) is 0. The third-order valence-corrected chi connectivity index (χ3v) is 6.30. The van der Waals surface area contributed by atoms with Gasteiger partial charge in [0, 0.05) is 12.8 Å². The van der Waals surface area contributed by atoms with Gasteiger partial charge in [0.05, 0.1) is 4.90 Å². The summed E-state index contributed by atoms with van der Waals surface area (Å²) >= 11 is 0. The van der Waals surface area contributed by atoms with Crippen molar-refractivity contribution in [1.82, 2.24) is 14.5 Å². The molecule has 1 aliphatic rings. The van der Waals surface area contributed by atoms with E-state index in [1.54, 1.807) is 18.2 Å². The molecule has 1 saturated heterocycles. The van der Waals surface area contributed by atoms with Crippen LogP contribution in [-0.4, -0.2) is 44.1 Å². The zero-order valence-electron chi connectivity index (χ0n) is 12.3. The van der Waals surface area contributed by atoms with Crippen LogP contribution in [0.4, 0.5) is 0 Å². The van der Waals surface area contributed by atoms with Crippen LogP contribution in [0, 0.1) is 0 Å². The maximum Gasteiger partial charge on any atom is 0.335 e. The summed E-state index contributed by atoms with van der Waals surface area (Å²) in [5, 5.41) is 6.71. The van der Waals surface area contributed by atoms with Crippen molar-refractivity contribution in [1.29, 1.82) is 0 Å². The van der Waals surface area contributed by atoms with Crippen LogP contribution in [0.25, 0.3) is 0 Å². The predicted octanol–water partition coefficient (Wildman–Crippen LogP) is 0.999. The summed E-state index contributed by atoms with van der Waals surface area (Å²) < 4.78 is 54.8. The SMILES string of the molecule is CS(=O)(=O)c1nnc([C@@H]2CCCN2S(=O)(=O)c2ccccc2)o1. The lowest BCUT2D eigenvalue weighted by atomic mass is 10.2. The number of sulfonamides is 1. The quantitative estimate of drug-likeness (QED) is 0.802. The maximum atomic E-state index is 12.7. The van der Waals surface area contributed by atoms with Crippen molar-refractivity contribution in [2.24, 2.45) is 0 Å². The summed E-state index contributed by atoms with van der Waals surface area (Å²) in [6.45, 7) is 0.318. The van der Waals surface area contributed by atoms with Crippen molar-refractivity contribution in [3.63, 3.8) is 0 Å². The molecule has 8 nitrogen and oxygen atoms in total. The van der Waals surface area contributed by atoms with E-state index in [0.29, 0.717) is 19.4 Å². The summed E-state index contributed by atoms with van der Waals surface area (Å²) in [6.07, 6.45) is 2.09. The van der Waals surface area contributed by atoms with Crippen LogP contribution in [0.15, 0.2) is 44.9 Å². The van der Waals surface area contributed by atoms with E-state index >= 15 is 0 Å². The Kier molecular flexibility index (Phi) is 3.98. The summed E-state index contributed by atoms with van der Waals surface area (Å²) in [4.78, 5) is 0.176. The molecule has 0 saturated carbocycles. The normalized spacial score (nSPS) is 20.0. The van der Waals surface area contributed by atoms with Gasteiger partial charge in [0.1, 0.15) is 6.04 Å². The van der Waals surface area contributed by atoms with Gasteiger partial charge in [-0.05, 0) is 25.0 Å². The lowest BCUT2D eigenvalue weighted by Crippen LogP contribution is -2.30. The summed E-state index contributed by atoms with van der Waals surface area (Å²) in [7, 11) is -7.33. The molecule has 1 fully saturated rings. The fraction of sp³-hybridized carbons (Fsp3) is 0.385. The number of nitrogens with zero attached hydrogens (tertiary/aromatic N) is 3. The molecule has 1 aromatic heterocycles. The Balaban J connectivity index is 1.96. The molecule has 0 N–H and O–H groups in total. The van der Waals surface area contributed by atoms with E-state index in [-0.39, 0.29) is 10.8 Å². The van der Waals surface area contributed by atoms with Crippen LogP contribution < -0.4 is 0 Å². The molecule has 2 heterocycles. The largest absolute Gasteiger partial charge is 0.411 e. The first-order valence-corrected chi connectivity index (χ1v) is 10.2. The van der Waals surface area contributed by atoms with Crippen LogP contribution >= 0.6 is 0 Å². The van der Waals surface area contributed by atoms with E-state index in [0.717, 1.165) is 6.26 Å². The number of hydrogen-bond donors (Lipinski definition) is 0. The topological polar surface area (TPSA) is 110 Å². The molecular formula is C13H15N3O5S2. The second-order valence-electron chi connectivity index (χ2n) is 5.27. The van der Waals surface area contributed by atoms with E-state index < -0.39 is 31.1 Å². The molecule has 124 valence electrons. The van der Waals surface area contributed by atoms with Gasteiger partial charge in [-0.15, -0.1) is 5.10 Å². The minimum atomic E-state index is -3.71. The zero-order chi connectivity index (χ0) is 16.7. The van der Waals surface area contributed by atoms with Crippen molar-refractivity contribution in [2.45, 2.75) is 29.0 Å². The van der Waals surface area contributed by atoms with Gasteiger partial charge in [-0.1, -0.05) is 23.3 Å². The van der Waals surface area contributed by atoms with Crippen molar-refractivity contribution in [3.05, 3.63) is 36.2 Å². The van der Waals surface area contributed by atoms with Gasteiger partial charge in [0.15, 0.2) is 0 Å². The summed E-state index contributed by atoms with van der Waals surface area (Å²) in [5.74, 6) is 0.00225. The van der Waals surface area contributed by atoms with Gasteiger partial charge in [-0.3, -0.25) is 0 Å². The van der Waals surface area contributed by atoms with E-state index in [9.17, 15) is 16.8 Å². The van der Waals surface area contributed by atoms with Crippen LogP contribution in [0.1, 0.15) is 24.8 Å². The number of benzene rings is 1.